The predicted octanol–water partition coefficient (Wildman–Crippen LogP) is 0.447. The number of anilines is 2. The fourth-order valence-electron chi connectivity index (χ4n) is 5.93. The van der Waals surface area contributed by atoms with Crippen LogP contribution in [0, 0.1) is 29.1 Å². The minimum atomic E-state index is -0.714. The van der Waals surface area contributed by atoms with Crippen LogP contribution in [0.15, 0.2) is 24.3 Å². The van der Waals surface area contributed by atoms with Crippen LogP contribution in [-0.2, 0) is 9.59 Å². The van der Waals surface area contributed by atoms with Crippen LogP contribution in [0.1, 0.15) is 32.1 Å². The Morgan fingerprint density at radius 1 is 1.08 bits per heavy atom. The molecule has 4 atom stereocenters. The molecule has 6 N–H and O–H groups in total. The van der Waals surface area contributed by atoms with Gasteiger partial charge in [-0.1, -0.05) is 0 Å². The Morgan fingerprint density at radius 2 is 1.81 bits per heavy atom. The van der Waals surface area contributed by atoms with Crippen molar-refractivity contribution in [3.63, 3.8) is 0 Å². The van der Waals surface area contributed by atoms with E-state index >= 15 is 0 Å². The Hall–Kier alpha value is -2.91. The third-order valence-corrected chi connectivity index (χ3v) is 8.05. The number of fused-ring (bicyclic) bond motifs is 1. The number of carbonyl (C=O) groups is 2. The van der Waals surface area contributed by atoms with Gasteiger partial charge in [0, 0.05) is 62.5 Å². The van der Waals surface area contributed by atoms with Gasteiger partial charge in [0.2, 0.25) is 5.91 Å². The zero-order valence-electron chi connectivity index (χ0n) is 20.4. The highest BCUT2D eigenvalue weighted by Crippen LogP contribution is 2.28. The van der Waals surface area contributed by atoms with E-state index in [0.717, 1.165) is 63.2 Å². The number of piperidine rings is 2. The van der Waals surface area contributed by atoms with Crippen molar-refractivity contribution < 1.29 is 14.7 Å². The molecule has 0 bridgehead atoms. The van der Waals surface area contributed by atoms with Crippen molar-refractivity contribution in [3.8, 4) is 6.07 Å². The van der Waals surface area contributed by atoms with Crippen LogP contribution in [0.2, 0.25) is 0 Å². The second-order valence-corrected chi connectivity index (χ2v) is 10.4. The number of nitrogens with zero attached hydrogens (tertiary/aromatic N) is 3. The molecule has 4 unspecified atom stereocenters. The summed E-state index contributed by atoms with van der Waals surface area (Å²) in [6, 6.07) is 10.6. The molecule has 0 spiro atoms. The molecule has 5 rings (SSSR count). The number of hydrogen-bond donors (Lipinski definition) is 6. The minimum absolute atomic E-state index is 0.0254. The summed E-state index contributed by atoms with van der Waals surface area (Å²) in [6.45, 7) is 4.04. The van der Waals surface area contributed by atoms with Gasteiger partial charge in [-0.05, 0) is 55.9 Å². The number of benzene rings is 1. The van der Waals surface area contributed by atoms with E-state index in [4.69, 9.17) is 5.11 Å². The van der Waals surface area contributed by atoms with Crippen LogP contribution in [0.25, 0.3) is 0 Å². The van der Waals surface area contributed by atoms with E-state index < -0.39 is 5.97 Å². The lowest BCUT2D eigenvalue weighted by Crippen LogP contribution is -2.77. The number of nitrogens with one attached hydrogen (secondary N) is 5. The van der Waals surface area contributed by atoms with Gasteiger partial charge in [-0.15, -0.1) is 0 Å². The zero-order chi connectivity index (χ0) is 25.1. The summed E-state index contributed by atoms with van der Waals surface area (Å²) in [5.41, 5.74) is 7.83. The fraction of sp³-hybridized carbons (Fsp3) is 0.640. The number of rotatable bonds is 6. The molecule has 4 aliphatic rings. The number of carbonyl (C=O) groups excluding carboxylic acids is 1. The maximum absolute atomic E-state index is 12.8. The molecule has 1 aromatic carbocycles. The highest BCUT2D eigenvalue weighted by molar-refractivity contribution is 5.81. The summed E-state index contributed by atoms with van der Waals surface area (Å²) in [4.78, 5) is 28.4. The monoisotopic (exact) mass is 496 g/mol. The molecule has 36 heavy (non-hydrogen) atoms. The van der Waals surface area contributed by atoms with Gasteiger partial charge in [0.25, 0.3) is 0 Å². The van der Waals surface area contributed by atoms with Crippen molar-refractivity contribution in [2.75, 3.05) is 42.9 Å². The molecule has 0 aromatic heterocycles. The number of carboxylic acids is 1. The highest BCUT2D eigenvalue weighted by atomic mass is 16.4. The molecule has 0 radical (unpaired) electrons. The fourth-order valence-corrected chi connectivity index (χ4v) is 5.93. The predicted molar refractivity (Wildman–Crippen MR) is 134 cm³/mol. The number of aliphatic carboxylic acids is 1. The topological polar surface area (TPSA) is 145 Å². The van der Waals surface area contributed by atoms with E-state index in [9.17, 15) is 14.9 Å². The number of hydrazine groups is 1. The van der Waals surface area contributed by atoms with Gasteiger partial charge >= 0.3 is 5.97 Å². The van der Waals surface area contributed by atoms with Crippen molar-refractivity contribution in [3.05, 3.63) is 24.3 Å². The lowest BCUT2D eigenvalue weighted by molar-refractivity contribution is -0.138. The van der Waals surface area contributed by atoms with E-state index in [1.165, 1.54) is 0 Å². The molecule has 1 aromatic rings. The Labute approximate surface area is 211 Å². The van der Waals surface area contributed by atoms with Crippen molar-refractivity contribution in [2.45, 2.75) is 50.6 Å². The smallest absolute Gasteiger partial charge is 0.303 e. The van der Waals surface area contributed by atoms with Crippen LogP contribution in [0.5, 0.6) is 0 Å². The summed E-state index contributed by atoms with van der Waals surface area (Å²) >= 11 is 0. The first-order valence-electron chi connectivity index (χ1n) is 13.0. The molecule has 0 aliphatic carbocycles. The Bertz CT molecular complexity index is 967. The van der Waals surface area contributed by atoms with Gasteiger partial charge in [0.1, 0.15) is 6.29 Å². The van der Waals surface area contributed by atoms with Gasteiger partial charge in [-0.25, -0.2) is 5.43 Å². The number of hydrogen-bond acceptors (Lipinski definition) is 9. The first kappa shape index (κ1) is 24.8. The van der Waals surface area contributed by atoms with Crippen LogP contribution in [-0.4, -0.2) is 73.1 Å². The molecular weight excluding hydrogens is 460 g/mol. The quantitative estimate of drug-likeness (QED) is 0.328. The Kier molecular flexibility index (Phi) is 7.57. The van der Waals surface area contributed by atoms with Gasteiger partial charge in [0.15, 0.2) is 0 Å². The average molecular weight is 497 g/mol. The van der Waals surface area contributed by atoms with Crippen LogP contribution < -0.4 is 31.7 Å². The van der Waals surface area contributed by atoms with Gasteiger partial charge < -0.3 is 15.3 Å². The maximum atomic E-state index is 12.8. The zero-order valence-corrected chi connectivity index (χ0v) is 20.4. The van der Waals surface area contributed by atoms with Gasteiger partial charge in [-0.3, -0.25) is 30.5 Å². The molecular formula is C25H36N8O3. The van der Waals surface area contributed by atoms with Gasteiger partial charge in [0.05, 0.1) is 18.2 Å². The molecule has 4 heterocycles. The van der Waals surface area contributed by atoms with Gasteiger partial charge in [-0.2, -0.15) is 5.26 Å². The molecule has 11 heteroatoms. The molecule has 0 saturated carbocycles. The molecule has 194 valence electrons. The molecule has 11 nitrogen and oxygen atoms in total. The van der Waals surface area contributed by atoms with E-state index in [2.05, 4.69) is 54.8 Å². The first-order valence-corrected chi connectivity index (χ1v) is 13.0. The summed E-state index contributed by atoms with van der Waals surface area (Å²) in [7, 11) is 0. The normalized spacial score (nSPS) is 30.2. The maximum Gasteiger partial charge on any atom is 0.303 e. The lowest BCUT2D eigenvalue weighted by atomic mass is 9.90. The lowest BCUT2D eigenvalue weighted by Gasteiger charge is -2.49. The second-order valence-electron chi connectivity index (χ2n) is 10.4. The summed E-state index contributed by atoms with van der Waals surface area (Å²) in [5, 5.41) is 29.0. The molecule has 4 fully saturated rings. The van der Waals surface area contributed by atoms with E-state index in [0.29, 0.717) is 6.54 Å². The van der Waals surface area contributed by atoms with E-state index in [-0.39, 0.29) is 48.6 Å². The Balaban J connectivity index is 1.23. The van der Waals surface area contributed by atoms with Crippen molar-refractivity contribution >= 4 is 23.3 Å². The number of carboxylic acid groups (broad SMARTS) is 1. The van der Waals surface area contributed by atoms with E-state index in [1.54, 1.807) is 0 Å². The number of amides is 1. The Morgan fingerprint density at radius 3 is 2.47 bits per heavy atom. The number of likely N-dealkylation sites (tertiary alicyclic amines) is 1. The second kappa shape index (κ2) is 11.0. The third kappa shape index (κ3) is 5.57. The first-order chi connectivity index (χ1) is 17.5. The third-order valence-electron chi connectivity index (χ3n) is 8.05. The van der Waals surface area contributed by atoms with Crippen molar-refractivity contribution in [2.24, 2.45) is 17.8 Å². The minimum Gasteiger partial charge on any atom is -0.481 e. The average Bonchev–Trinajstić information content (AvgIpc) is 2.89. The molecule has 4 aliphatic heterocycles. The van der Waals surface area contributed by atoms with E-state index in [1.807, 2.05) is 12.1 Å². The SMILES string of the molecule is N#CC1CCN(C2NC3CNNC(=O)C3C(Nc3ccc(N4CCC(CC(=O)O)CC4)cc3)N2)CC1. The molecule has 4 saturated heterocycles. The standard InChI is InChI=1S/C25H36N8O3/c26-14-17-7-11-33(12-8-17)25-29-20-15-27-31-24(36)22(20)23(30-25)28-18-1-3-19(4-2-18)32-9-5-16(6-10-32)13-21(34)35/h1-4,16-17,20,22-23,25,27-30H,5-13,15H2,(H,31,36)(H,34,35). The largest absolute Gasteiger partial charge is 0.481 e. The van der Waals surface area contributed by atoms with Crippen LogP contribution in [0.3, 0.4) is 0 Å². The summed E-state index contributed by atoms with van der Waals surface area (Å²) in [5.74, 6) is -0.671. The summed E-state index contributed by atoms with van der Waals surface area (Å²) in [6.07, 6.45) is 3.42. The highest BCUT2D eigenvalue weighted by Gasteiger charge is 2.45. The van der Waals surface area contributed by atoms with Crippen molar-refractivity contribution in [1.29, 1.82) is 5.26 Å². The van der Waals surface area contributed by atoms with Crippen molar-refractivity contribution in [1.82, 2.24) is 26.4 Å². The van der Waals surface area contributed by atoms with Crippen LogP contribution in [0.4, 0.5) is 11.4 Å². The molecule has 1 amide bonds. The van der Waals surface area contributed by atoms with Crippen LogP contribution >= 0.6 is 0 Å². The number of nitriles is 1. The summed E-state index contributed by atoms with van der Waals surface area (Å²) < 4.78 is 0.